The number of rotatable bonds is 0. The van der Waals surface area contributed by atoms with E-state index < -0.39 is 6.68 Å². The molecule has 0 radical (unpaired) electrons. The molecule has 0 fully saturated rings. The van der Waals surface area contributed by atoms with Gasteiger partial charge in [-0.2, -0.15) is 0 Å². The zero-order chi connectivity index (χ0) is 4.50. The van der Waals surface area contributed by atoms with Crippen LogP contribution in [0.5, 0.6) is 0 Å². The summed E-state index contributed by atoms with van der Waals surface area (Å²) >= 11 is 3.12. The van der Waals surface area contributed by atoms with Crippen LogP contribution in [0.25, 0.3) is 0 Å². The first-order valence-electron chi connectivity index (χ1n) is 1.70. The van der Waals surface area contributed by atoms with Gasteiger partial charge in [-0.3, -0.25) is 0 Å². The Hall–Kier alpha value is 0.736. The summed E-state index contributed by atoms with van der Waals surface area (Å²) in [6, 6.07) is 0. The van der Waals surface area contributed by atoms with Gasteiger partial charge in [0.05, 0.1) is 0 Å². The standard InChI is InChI=1S/C3H9SeSi/c1-5(2,3)4/h1-3H3/q-1. The molecule has 0 aliphatic carbocycles. The first kappa shape index (κ1) is 5.74. The second-order valence-corrected chi connectivity index (χ2v) is 14.0. The van der Waals surface area contributed by atoms with Gasteiger partial charge < -0.3 is 0 Å². The summed E-state index contributed by atoms with van der Waals surface area (Å²) in [5.41, 5.74) is 0. The summed E-state index contributed by atoms with van der Waals surface area (Å²) in [6.07, 6.45) is 0. The van der Waals surface area contributed by atoms with E-state index in [4.69, 9.17) is 0 Å². The molecular weight excluding hydrogens is 143 g/mol. The predicted molar refractivity (Wildman–Crippen MR) is 29.1 cm³/mol. The Bertz CT molecular complexity index is 22.4. The molecule has 0 spiro atoms. The second kappa shape index (κ2) is 1.46. The number of hydrogen-bond acceptors (Lipinski definition) is 0. The molecule has 0 nitrogen and oxygen atoms in total. The Morgan fingerprint density at radius 2 is 1.20 bits per heavy atom. The molecule has 0 saturated heterocycles. The molecule has 0 N–H and O–H groups in total. The van der Waals surface area contributed by atoms with Crippen LogP contribution in [0, 0.1) is 0 Å². The SMILES string of the molecule is C[Si](C)(C)[Se-]. The minimum atomic E-state index is -0.736. The van der Waals surface area contributed by atoms with Crippen LogP contribution in [0.2, 0.25) is 19.6 Å². The fourth-order valence-corrected chi connectivity index (χ4v) is 0. The molecular formula is C3H9SeSi-. The van der Waals surface area contributed by atoms with Crippen molar-refractivity contribution in [3.8, 4) is 0 Å². The van der Waals surface area contributed by atoms with E-state index in [9.17, 15) is 0 Å². The number of hydrogen-bond donors (Lipinski definition) is 0. The van der Waals surface area contributed by atoms with Crippen molar-refractivity contribution in [2.45, 2.75) is 19.6 Å². The van der Waals surface area contributed by atoms with Crippen molar-refractivity contribution in [1.82, 2.24) is 0 Å². The van der Waals surface area contributed by atoms with Crippen molar-refractivity contribution in [1.29, 1.82) is 0 Å². The van der Waals surface area contributed by atoms with Gasteiger partial charge in [0.2, 0.25) is 0 Å². The van der Waals surface area contributed by atoms with Crippen LogP contribution >= 0.6 is 0 Å². The zero-order valence-electron chi connectivity index (χ0n) is 3.91. The van der Waals surface area contributed by atoms with Crippen molar-refractivity contribution >= 4 is 22.1 Å². The molecule has 2 heteroatoms. The summed E-state index contributed by atoms with van der Waals surface area (Å²) < 4.78 is 0. The third kappa shape index (κ3) is 65.4. The normalized spacial score (nSPS) is 12.0. The van der Waals surface area contributed by atoms with Crippen LogP contribution in [0.4, 0.5) is 0 Å². The molecule has 0 aliphatic rings. The van der Waals surface area contributed by atoms with Crippen LogP contribution in [-0.4, -0.2) is 22.1 Å². The van der Waals surface area contributed by atoms with E-state index in [1.807, 2.05) is 0 Å². The van der Waals surface area contributed by atoms with E-state index in [0.29, 0.717) is 0 Å². The third-order valence-corrected chi connectivity index (χ3v) is 0. The van der Waals surface area contributed by atoms with Crippen LogP contribution < -0.4 is 0 Å². The minimum absolute atomic E-state index is 0.736. The summed E-state index contributed by atoms with van der Waals surface area (Å²) in [5.74, 6) is 0. The van der Waals surface area contributed by atoms with Crippen LogP contribution in [0.1, 0.15) is 0 Å². The molecule has 5 heavy (non-hydrogen) atoms. The fourth-order valence-electron chi connectivity index (χ4n) is 0. The molecule has 0 saturated carbocycles. The van der Waals surface area contributed by atoms with Gasteiger partial charge in [0.25, 0.3) is 0 Å². The van der Waals surface area contributed by atoms with Crippen LogP contribution in [0.15, 0.2) is 0 Å². The zero-order valence-corrected chi connectivity index (χ0v) is 6.62. The van der Waals surface area contributed by atoms with E-state index in [0.717, 1.165) is 0 Å². The molecule has 0 aromatic heterocycles. The van der Waals surface area contributed by atoms with Gasteiger partial charge >= 0.3 is 41.7 Å². The average Bonchev–Trinajstić information content (AvgIpc) is 0.722. The van der Waals surface area contributed by atoms with E-state index >= 15 is 0 Å². The summed E-state index contributed by atoms with van der Waals surface area (Å²) in [7, 11) is 0. The molecule has 0 bridgehead atoms. The van der Waals surface area contributed by atoms with Crippen molar-refractivity contribution in [3.63, 3.8) is 0 Å². The third-order valence-electron chi connectivity index (χ3n) is 0. The first-order valence-corrected chi connectivity index (χ1v) is 7.68. The maximum absolute atomic E-state index is 3.12. The Kier molecular flexibility index (Phi) is 1.67. The topological polar surface area (TPSA) is 0 Å². The van der Waals surface area contributed by atoms with E-state index in [2.05, 4.69) is 35.0 Å². The maximum atomic E-state index is 3.12. The summed E-state index contributed by atoms with van der Waals surface area (Å²) in [4.78, 5) is 0. The van der Waals surface area contributed by atoms with Gasteiger partial charge in [-0.25, -0.2) is 0 Å². The molecule has 0 aromatic rings. The van der Waals surface area contributed by atoms with Gasteiger partial charge in [-0.05, 0) is 0 Å². The molecule has 0 aliphatic heterocycles. The van der Waals surface area contributed by atoms with Gasteiger partial charge in [-0.15, -0.1) is 0 Å². The molecule has 0 rings (SSSR count). The molecule has 0 atom stereocenters. The van der Waals surface area contributed by atoms with E-state index in [1.54, 1.807) is 0 Å². The van der Waals surface area contributed by atoms with Crippen LogP contribution in [0.3, 0.4) is 0 Å². The fraction of sp³-hybridized carbons (Fsp3) is 1.00. The monoisotopic (exact) mass is 153 g/mol. The molecule has 0 unspecified atom stereocenters. The molecule has 0 aromatic carbocycles. The summed E-state index contributed by atoms with van der Waals surface area (Å²) in [5, 5.41) is 0. The van der Waals surface area contributed by atoms with Gasteiger partial charge in [0.1, 0.15) is 0 Å². The summed E-state index contributed by atoms with van der Waals surface area (Å²) in [6.45, 7) is 6.08. The van der Waals surface area contributed by atoms with Gasteiger partial charge in [-0.1, -0.05) is 0 Å². The van der Waals surface area contributed by atoms with Gasteiger partial charge in [0.15, 0.2) is 0 Å². The molecule has 32 valence electrons. The molecule has 0 heterocycles. The van der Waals surface area contributed by atoms with Crippen molar-refractivity contribution in [2.75, 3.05) is 0 Å². The first-order chi connectivity index (χ1) is 2.00. The average molecular weight is 152 g/mol. The predicted octanol–water partition coefficient (Wildman–Crippen LogP) is 0.990. The van der Waals surface area contributed by atoms with Crippen molar-refractivity contribution in [3.05, 3.63) is 0 Å². The van der Waals surface area contributed by atoms with Crippen LogP contribution in [-0.2, 0) is 0 Å². The van der Waals surface area contributed by atoms with E-state index in [-0.39, 0.29) is 0 Å². The quantitative estimate of drug-likeness (QED) is 0.454. The Morgan fingerprint density at radius 3 is 1.20 bits per heavy atom. The van der Waals surface area contributed by atoms with Crippen molar-refractivity contribution in [2.24, 2.45) is 0 Å². The Labute approximate surface area is 42.2 Å². The Morgan fingerprint density at radius 1 is 1.20 bits per heavy atom. The Balaban J connectivity index is 3.02. The second-order valence-electron chi connectivity index (χ2n) is 2.11. The van der Waals surface area contributed by atoms with E-state index in [1.165, 1.54) is 0 Å². The van der Waals surface area contributed by atoms with Gasteiger partial charge in [0, 0.05) is 0 Å². The van der Waals surface area contributed by atoms with Crippen molar-refractivity contribution < 1.29 is 0 Å². The molecule has 0 amide bonds.